The minimum absolute atomic E-state index is 0. The molecule has 2 aliphatic rings. The maximum Gasteiger partial charge on any atom is -1.00 e. The van der Waals surface area contributed by atoms with E-state index in [0.29, 0.717) is 0 Å². The van der Waals surface area contributed by atoms with Crippen LogP contribution in [0, 0.1) is 0 Å². The molecule has 0 heterocycles. The predicted molar refractivity (Wildman–Crippen MR) is 137 cm³/mol. The molecule has 0 fully saturated rings. The number of hydrogen-bond donors (Lipinski definition) is 0. The van der Waals surface area contributed by atoms with Crippen LogP contribution < -0.4 is 28.1 Å². The minimum Gasteiger partial charge on any atom is -1.00 e. The summed E-state index contributed by atoms with van der Waals surface area (Å²) >= 11 is -2.50. The summed E-state index contributed by atoms with van der Waals surface area (Å²) in [6.45, 7) is 2.25. The molecule has 0 spiro atoms. The Balaban J connectivity index is 0.00000144. The Hall–Kier alpha value is -2.31. The Kier molecular flexibility index (Phi) is 8.23. The van der Waals surface area contributed by atoms with Gasteiger partial charge in [-0.05, 0) is 0 Å². The smallest absolute Gasteiger partial charge is 1.00 e. The quantitative estimate of drug-likeness (QED) is 0.302. The number of rotatable bonds is 4. The summed E-state index contributed by atoms with van der Waals surface area (Å²) in [7, 11) is 0. The van der Waals surface area contributed by atoms with Crippen molar-refractivity contribution in [3.8, 4) is 11.1 Å². The van der Waals surface area contributed by atoms with Crippen LogP contribution >= 0.6 is 0 Å². The van der Waals surface area contributed by atoms with Crippen LogP contribution in [0.4, 0.5) is 0 Å². The van der Waals surface area contributed by atoms with Gasteiger partial charge >= 0.3 is 205 Å². The zero-order valence-electron chi connectivity index (χ0n) is 19.6. The van der Waals surface area contributed by atoms with Crippen LogP contribution in [0.15, 0.2) is 124 Å². The second kappa shape index (κ2) is 11.2. The molecule has 0 aromatic heterocycles. The Morgan fingerprint density at radius 2 is 1.26 bits per heavy atom. The molecule has 0 saturated carbocycles. The van der Waals surface area contributed by atoms with Crippen molar-refractivity contribution in [2.24, 2.45) is 0 Å². The van der Waals surface area contributed by atoms with Crippen LogP contribution in [-0.4, -0.2) is 3.21 Å². The molecule has 4 aromatic carbocycles. The van der Waals surface area contributed by atoms with Gasteiger partial charge in [0.1, 0.15) is 0 Å². The first-order valence-electron chi connectivity index (χ1n) is 11.7. The zero-order valence-corrected chi connectivity index (χ0v) is 23.6. The van der Waals surface area contributed by atoms with Crippen molar-refractivity contribution >= 4 is 6.48 Å². The van der Waals surface area contributed by atoms with Crippen molar-refractivity contribution in [1.29, 1.82) is 0 Å². The van der Waals surface area contributed by atoms with Crippen LogP contribution in [0.3, 0.4) is 0 Å². The molecule has 0 amide bonds. The van der Waals surface area contributed by atoms with E-state index in [9.17, 15) is 0 Å². The molecule has 0 radical (unpaired) electrons. The Labute approximate surface area is 228 Å². The average Bonchev–Trinajstić information content (AvgIpc) is 3.47. The van der Waals surface area contributed by atoms with E-state index in [-0.39, 0.29) is 24.8 Å². The van der Waals surface area contributed by atoms with Crippen LogP contribution in [0.25, 0.3) is 11.1 Å². The molecule has 0 nitrogen and oxygen atoms in total. The molecule has 0 unspecified atom stereocenters. The van der Waals surface area contributed by atoms with Crippen LogP contribution in [-0.2, 0) is 27.7 Å². The predicted octanol–water partition coefficient (Wildman–Crippen LogP) is 1.01. The van der Waals surface area contributed by atoms with Gasteiger partial charge in [0.25, 0.3) is 0 Å². The van der Waals surface area contributed by atoms with Gasteiger partial charge in [-0.2, -0.15) is 0 Å². The SMILES string of the molecule is CC1=CC[C]([Zr+2](=[C](c2ccccc2)c2ccccc2)[c]2cccc3c2Cc2ccccc2-3)=C1.[Cl-].[Cl-]. The van der Waals surface area contributed by atoms with E-state index >= 15 is 0 Å². The van der Waals surface area contributed by atoms with Crippen molar-refractivity contribution in [1.82, 2.24) is 0 Å². The molecular formula is C32H26Cl2Zr. The Bertz CT molecular complexity index is 1410. The second-order valence-corrected chi connectivity index (χ2v) is 14.9. The summed E-state index contributed by atoms with van der Waals surface area (Å²) in [6, 6.07) is 38.4. The fraction of sp³-hybridized carbons (Fsp3) is 0.0938. The molecule has 0 bridgehead atoms. The molecule has 172 valence electrons. The molecule has 0 aliphatic heterocycles. The summed E-state index contributed by atoms with van der Waals surface area (Å²) < 4.78 is 4.92. The first-order valence-corrected chi connectivity index (χ1v) is 15.4. The number of fused-ring (bicyclic) bond motifs is 3. The molecule has 3 heteroatoms. The summed E-state index contributed by atoms with van der Waals surface area (Å²) in [5.41, 5.74) is 10.1. The molecule has 0 saturated heterocycles. The van der Waals surface area contributed by atoms with Gasteiger partial charge < -0.3 is 24.8 Å². The number of halogens is 2. The van der Waals surface area contributed by atoms with E-state index in [4.69, 9.17) is 0 Å². The molecule has 35 heavy (non-hydrogen) atoms. The van der Waals surface area contributed by atoms with Gasteiger partial charge in [0.15, 0.2) is 0 Å². The van der Waals surface area contributed by atoms with Crippen LogP contribution in [0.1, 0.15) is 35.6 Å². The van der Waals surface area contributed by atoms with E-state index in [1.807, 2.05) is 0 Å². The third kappa shape index (κ3) is 4.88. The second-order valence-electron chi connectivity index (χ2n) is 8.97. The topological polar surface area (TPSA) is 0 Å². The van der Waals surface area contributed by atoms with E-state index < -0.39 is 21.3 Å². The van der Waals surface area contributed by atoms with Gasteiger partial charge in [0, 0.05) is 0 Å². The summed E-state index contributed by atoms with van der Waals surface area (Å²) in [5, 5.41) is 0. The Morgan fingerprint density at radius 1 is 0.657 bits per heavy atom. The molecule has 0 atom stereocenters. The van der Waals surface area contributed by atoms with E-state index in [2.05, 4.69) is 122 Å². The first-order chi connectivity index (χ1) is 16.3. The van der Waals surface area contributed by atoms with Crippen molar-refractivity contribution in [2.75, 3.05) is 0 Å². The van der Waals surface area contributed by atoms with E-state index in [1.165, 1.54) is 33.4 Å². The molecular weight excluding hydrogens is 546 g/mol. The van der Waals surface area contributed by atoms with Gasteiger partial charge in [-0.1, -0.05) is 0 Å². The summed E-state index contributed by atoms with van der Waals surface area (Å²) in [5.74, 6) is 0. The van der Waals surface area contributed by atoms with Crippen LogP contribution in [0.2, 0.25) is 0 Å². The van der Waals surface area contributed by atoms with Gasteiger partial charge in [-0.3, -0.25) is 0 Å². The summed E-state index contributed by atoms with van der Waals surface area (Å²) in [6.07, 6.45) is 7.08. The minimum atomic E-state index is -2.50. The maximum absolute atomic E-state index is 2.50. The largest absolute Gasteiger partial charge is 1.00 e. The first kappa shape index (κ1) is 25.8. The zero-order chi connectivity index (χ0) is 22.2. The normalized spacial score (nSPS) is 12.7. The van der Waals surface area contributed by atoms with Gasteiger partial charge in [0.05, 0.1) is 0 Å². The van der Waals surface area contributed by atoms with E-state index in [0.717, 1.165) is 12.8 Å². The van der Waals surface area contributed by atoms with Gasteiger partial charge in [-0.15, -0.1) is 0 Å². The molecule has 0 N–H and O–H groups in total. The van der Waals surface area contributed by atoms with Crippen molar-refractivity contribution < 1.29 is 46.1 Å². The summed E-state index contributed by atoms with van der Waals surface area (Å²) in [4.78, 5) is 0. The van der Waals surface area contributed by atoms with E-state index in [1.54, 1.807) is 15.3 Å². The fourth-order valence-corrected chi connectivity index (χ4v) is 13.5. The van der Waals surface area contributed by atoms with Gasteiger partial charge in [-0.25, -0.2) is 0 Å². The van der Waals surface area contributed by atoms with Crippen molar-refractivity contribution in [2.45, 2.75) is 19.8 Å². The Morgan fingerprint density at radius 3 is 1.89 bits per heavy atom. The molecule has 4 aromatic rings. The monoisotopic (exact) mass is 570 g/mol. The maximum atomic E-state index is 2.50. The van der Waals surface area contributed by atoms with Crippen LogP contribution in [0.5, 0.6) is 0 Å². The molecule has 6 rings (SSSR count). The fourth-order valence-electron chi connectivity index (χ4n) is 5.36. The van der Waals surface area contributed by atoms with Crippen molar-refractivity contribution in [3.05, 3.63) is 146 Å². The molecule has 2 aliphatic carbocycles. The van der Waals surface area contributed by atoms with Gasteiger partial charge in [0.2, 0.25) is 0 Å². The average molecular weight is 573 g/mol. The number of hydrogen-bond acceptors (Lipinski definition) is 0. The third-order valence-electron chi connectivity index (χ3n) is 6.86. The number of allylic oxidation sites excluding steroid dienone is 4. The number of benzene rings is 4. The standard InChI is InChI=1S/C13H9.C13H10.C6H7.2ClH.Zr/c1-3-7-12-10(5-1)9-11-6-2-4-8-13(11)12;1-3-7-12(8-4-1)11-13-9-5-2-6-10-13;1-6-4-2-3-5-6;;;/h1-5,7-8H,9H2;1-10H;4-5H,2H2,1H3;2*1H;/q;;;;;+2/p-2. The van der Waals surface area contributed by atoms with Crippen molar-refractivity contribution in [3.63, 3.8) is 0 Å². The third-order valence-corrected chi connectivity index (χ3v) is 14.4.